The van der Waals surface area contributed by atoms with Gasteiger partial charge in [-0.1, -0.05) is 6.07 Å². The molecule has 1 aromatic carbocycles. The number of methoxy groups -OCH3 is 2. The highest BCUT2D eigenvalue weighted by molar-refractivity contribution is 7.09. The highest BCUT2D eigenvalue weighted by Gasteiger charge is 2.39. The number of nitrogens with zero attached hydrogens (tertiary/aromatic N) is 3. The van der Waals surface area contributed by atoms with Crippen LogP contribution in [-0.2, 0) is 20.7 Å². The summed E-state index contributed by atoms with van der Waals surface area (Å²) < 4.78 is 9.93. The molecule has 1 unspecified atom stereocenters. The fourth-order valence-electron chi connectivity index (χ4n) is 3.07. The largest absolute Gasteiger partial charge is 0.497 e. The molecule has 1 atom stereocenters. The third kappa shape index (κ3) is 4.89. The van der Waals surface area contributed by atoms with Gasteiger partial charge in [-0.3, -0.25) is 14.6 Å². The van der Waals surface area contributed by atoms with E-state index in [0.29, 0.717) is 29.4 Å². The number of anilines is 1. The number of carbonyl (C=O) groups excluding carboxylic acids is 2. The average molecular weight is 413 g/mol. The van der Waals surface area contributed by atoms with Crippen molar-refractivity contribution in [2.75, 3.05) is 25.8 Å². The summed E-state index contributed by atoms with van der Waals surface area (Å²) in [6.07, 6.45) is 0.749. The van der Waals surface area contributed by atoms with Gasteiger partial charge in [0.15, 0.2) is 0 Å². The zero-order valence-electron chi connectivity index (χ0n) is 16.6. The molecule has 2 heterocycles. The molecular formula is C21H23N3O4S. The van der Waals surface area contributed by atoms with E-state index in [1.165, 1.54) is 17.0 Å². The van der Waals surface area contributed by atoms with E-state index < -0.39 is 11.9 Å². The molecule has 2 aromatic rings. The average Bonchev–Trinajstić information content (AvgIpc) is 3.36. The molecule has 0 bridgehead atoms. The Labute approximate surface area is 173 Å². The topological polar surface area (TPSA) is 80.6 Å². The van der Waals surface area contributed by atoms with Crippen LogP contribution in [0.1, 0.15) is 18.2 Å². The summed E-state index contributed by atoms with van der Waals surface area (Å²) in [7, 11) is 2.90. The van der Waals surface area contributed by atoms with Gasteiger partial charge in [-0.15, -0.1) is 11.3 Å². The minimum atomic E-state index is -0.667. The van der Waals surface area contributed by atoms with E-state index >= 15 is 0 Å². The number of hydrogen-bond acceptors (Lipinski definition) is 7. The van der Waals surface area contributed by atoms with Crippen LogP contribution in [0.2, 0.25) is 0 Å². The van der Waals surface area contributed by atoms with Crippen molar-refractivity contribution in [3.8, 4) is 5.75 Å². The normalized spacial score (nSPS) is 16.7. The molecule has 1 aliphatic heterocycles. The molecule has 1 amide bonds. The van der Waals surface area contributed by atoms with Crippen LogP contribution < -0.4 is 9.75 Å². The van der Waals surface area contributed by atoms with Gasteiger partial charge in [0.25, 0.3) is 5.91 Å². The van der Waals surface area contributed by atoms with Crippen LogP contribution in [0.3, 0.4) is 0 Å². The SMILES string of the molecule is COC(=O)CC1=NN(c2ccc(OC)cc2)C(=O)C1C(C)=NCCc1cccs1. The van der Waals surface area contributed by atoms with Gasteiger partial charge in [0, 0.05) is 23.6 Å². The van der Waals surface area contributed by atoms with Crippen LogP contribution >= 0.6 is 11.3 Å². The highest BCUT2D eigenvalue weighted by atomic mass is 32.1. The Kier molecular flexibility index (Phi) is 6.77. The molecule has 1 aromatic heterocycles. The van der Waals surface area contributed by atoms with Gasteiger partial charge in [-0.05, 0) is 42.6 Å². The van der Waals surface area contributed by atoms with Crippen LogP contribution in [0.25, 0.3) is 0 Å². The first kappa shape index (κ1) is 20.7. The second kappa shape index (κ2) is 9.47. The van der Waals surface area contributed by atoms with Crippen LogP contribution in [0, 0.1) is 5.92 Å². The van der Waals surface area contributed by atoms with Gasteiger partial charge in [0.2, 0.25) is 0 Å². The van der Waals surface area contributed by atoms with Crippen LogP contribution in [0.4, 0.5) is 5.69 Å². The molecule has 8 heteroatoms. The molecule has 29 heavy (non-hydrogen) atoms. The van der Waals surface area contributed by atoms with Crippen LogP contribution in [0.15, 0.2) is 51.9 Å². The predicted octanol–water partition coefficient (Wildman–Crippen LogP) is 3.34. The molecule has 0 fully saturated rings. The fourth-order valence-corrected chi connectivity index (χ4v) is 3.77. The molecule has 0 spiro atoms. The number of ether oxygens (including phenoxy) is 2. The predicted molar refractivity (Wildman–Crippen MR) is 114 cm³/mol. The van der Waals surface area contributed by atoms with E-state index in [0.717, 1.165) is 6.42 Å². The summed E-state index contributed by atoms with van der Waals surface area (Å²) in [5.41, 5.74) is 1.69. The first-order chi connectivity index (χ1) is 14.0. The van der Waals surface area contributed by atoms with E-state index in [1.54, 1.807) is 49.6 Å². The third-order valence-corrected chi connectivity index (χ3v) is 5.54. The number of rotatable bonds is 8. The van der Waals surface area contributed by atoms with Crippen molar-refractivity contribution in [1.82, 2.24) is 0 Å². The van der Waals surface area contributed by atoms with Gasteiger partial charge >= 0.3 is 5.97 Å². The Morgan fingerprint density at radius 1 is 1.24 bits per heavy atom. The summed E-state index contributed by atoms with van der Waals surface area (Å²) in [6, 6.07) is 11.1. The lowest BCUT2D eigenvalue weighted by atomic mass is 9.96. The summed E-state index contributed by atoms with van der Waals surface area (Å²) in [5, 5.41) is 7.77. The molecule has 7 nitrogen and oxygen atoms in total. The monoisotopic (exact) mass is 413 g/mol. The molecule has 0 saturated carbocycles. The molecule has 0 N–H and O–H groups in total. The van der Waals surface area contributed by atoms with Crippen LogP contribution in [-0.4, -0.2) is 44.1 Å². The van der Waals surface area contributed by atoms with E-state index in [1.807, 2.05) is 11.4 Å². The number of thiophene rings is 1. The summed E-state index contributed by atoms with van der Waals surface area (Å²) in [6.45, 7) is 2.38. The quantitative estimate of drug-likeness (QED) is 0.491. The Bertz CT molecular complexity index is 920. The Morgan fingerprint density at radius 2 is 2.00 bits per heavy atom. The van der Waals surface area contributed by atoms with E-state index in [-0.39, 0.29) is 12.3 Å². The fraction of sp³-hybridized carbons (Fsp3) is 0.333. The second-order valence-corrected chi connectivity index (χ2v) is 7.51. The van der Waals surface area contributed by atoms with Crippen molar-refractivity contribution in [3.05, 3.63) is 46.7 Å². The summed E-state index contributed by atoms with van der Waals surface area (Å²) in [4.78, 5) is 30.8. The number of amides is 1. The number of hydrazone groups is 1. The van der Waals surface area contributed by atoms with Crippen molar-refractivity contribution < 1.29 is 19.1 Å². The van der Waals surface area contributed by atoms with Crippen LogP contribution in [0.5, 0.6) is 5.75 Å². The smallest absolute Gasteiger partial charge is 0.311 e. The lowest BCUT2D eigenvalue weighted by Gasteiger charge is -2.15. The van der Waals surface area contributed by atoms with Gasteiger partial charge in [-0.25, -0.2) is 0 Å². The standard InChI is InChI=1S/C21H23N3O4S/c1-14(22-11-10-17-5-4-12-29-17)20-18(13-19(25)28-3)23-24(21(20)26)15-6-8-16(27-2)9-7-15/h4-9,12,20H,10-11,13H2,1-3H3. The zero-order chi connectivity index (χ0) is 20.8. The van der Waals surface area contributed by atoms with E-state index in [4.69, 9.17) is 9.47 Å². The van der Waals surface area contributed by atoms with Gasteiger partial charge < -0.3 is 9.47 Å². The number of esters is 1. The Morgan fingerprint density at radius 3 is 2.62 bits per heavy atom. The maximum atomic E-state index is 13.1. The maximum Gasteiger partial charge on any atom is 0.311 e. The second-order valence-electron chi connectivity index (χ2n) is 6.48. The lowest BCUT2D eigenvalue weighted by Crippen LogP contribution is -2.33. The highest BCUT2D eigenvalue weighted by Crippen LogP contribution is 2.28. The first-order valence-corrected chi connectivity index (χ1v) is 10.1. The molecule has 3 rings (SSSR count). The molecule has 0 aliphatic carbocycles. The van der Waals surface area contributed by atoms with Crippen molar-refractivity contribution >= 4 is 40.3 Å². The molecule has 0 saturated heterocycles. The number of aliphatic imine (C=N–C) groups is 1. The number of hydrogen-bond donors (Lipinski definition) is 0. The Balaban J connectivity index is 1.82. The van der Waals surface area contributed by atoms with Gasteiger partial charge in [0.05, 0.1) is 32.0 Å². The van der Waals surface area contributed by atoms with Crippen molar-refractivity contribution in [3.63, 3.8) is 0 Å². The third-order valence-electron chi connectivity index (χ3n) is 4.60. The van der Waals surface area contributed by atoms with Gasteiger partial charge in [-0.2, -0.15) is 10.1 Å². The number of carbonyl (C=O) groups is 2. The molecule has 152 valence electrons. The van der Waals surface area contributed by atoms with Gasteiger partial charge in [0.1, 0.15) is 11.7 Å². The van der Waals surface area contributed by atoms with E-state index in [9.17, 15) is 9.59 Å². The number of benzene rings is 1. The zero-order valence-corrected chi connectivity index (χ0v) is 17.4. The summed E-state index contributed by atoms with van der Waals surface area (Å²) in [5.74, 6) is -0.655. The van der Waals surface area contributed by atoms with E-state index in [2.05, 4.69) is 16.2 Å². The first-order valence-electron chi connectivity index (χ1n) is 9.19. The lowest BCUT2D eigenvalue weighted by molar-refractivity contribution is -0.139. The van der Waals surface area contributed by atoms with Crippen molar-refractivity contribution in [1.29, 1.82) is 0 Å². The molecule has 1 aliphatic rings. The maximum absolute atomic E-state index is 13.1. The Hall–Kier alpha value is -3.00. The summed E-state index contributed by atoms with van der Waals surface area (Å²) >= 11 is 1.68. The molecular weight excluding hydrogens is 390 g/mol. The van der Waals surface area contributed by atoms with Crippen molar-refractivity contribution in [2.45, 2.75) is 19.8 Å². The minimum Gasteiger partial charge on any atom is -0.497 e. The minimum absolute atomic E-state index is 0.0582. The molecule has 0 radical (unpaired) electrons. The van der Waals surface area contributed by atoms with Crippen molar-refractivity contribution in [2.24, 2.45) is 16.0 Å².